The first-order valence-corrected chi connectivity index (χ1v) is 7.54. The summed E-state index contributed by atoms with van der Waals surface area (Å²) in [5.41, 5.74) is 5.69. The fourth-order valence-electron chi connectivity index (χ4n) is 3.07. The average Bonchev–Trinajstić information content (AvgIpc) is 2.56. The summed E-state index contributed by atoms with van der Waals surface area (Å²) in [5, 5.41) is 4.63. The number of hydrogen-bond acceptors (Lipinski definition) is 1. The largest absolute Gasteiger partial charge is 0.310 e. The summed E-state index contributed by atoms with van der Waals surface area (Å²) in [6, 6.07) is 2.64. The Labute approximate surface area is 116 Å². The average molecular weight is 266 g/mol. The highest BCUT2D eigenvalue weighted by molar-refractivity contribution is 6.31. The summed E-state index contributed by atoms with van der Waals surface area (Å²) in [4.78, 5) is 0. The summed E-state index contributed by atoms with van der Waals surface area (Å²) >= 11 is 6.38. The minimum absolute atomic E-state index is 0.500. The maximum absolute atomic E-state index is 6.38. The molecule has 0 aliphatic heterocycles. The van der Waals surface area contributed by atoms with Crippen LogP contribution < -0.4 is 5.32 Å². The molecule has 1 unspecified atom stereocenters. The topological polar surface area (TPSA) is 12.0 Å². The lowest BCUT2D eigenvalue weighted by Gasteiger charge is -2.23. The molecule has 0 fully saturated rings. The number of hydrogen-bond donors (Lipinski definition) is 1. The van der Waals surface area contributed by atoms with E-state index < -0.39 is 0 Å². The number of nitrogens with one attached hydrogen (secondary N) is 1. The van der Waals surface area contributed by atoms with Gasteiger partial charge in [0, 0.05) is 11.1 Å². The molecule has 0 aromatic heterocycles. The van der Waals surface area contributed by atoms with E-state index in [1.807, 2.05) is 0 Å². The lowest BCUT2D eigenvalue weighted by molar-refractivity contribution is 0.488. The third-order valence-electron chi connectivity index (χ3n) is 4.07. The second-order valence-electron chi connectivity index (χ2n) is 5.45. The molecule has 0 saturated carbocycles. The minimum atomic E-state index is 0.500. The van der Waals surface area contributed by atoms with Gasteiger partial charge in [0.15, 0.2) is 0 Å². The van der Waals surface area contributed by atoms with Crippen LogP contribution in [-0.4, -0.2) is 6.54 Å². The van der Waals surface area contributed by atoms with Crippen molar-refractivity contribution >= 4 is 11.6 Å². The van der Waals surface area contributed by atoms with Gasteiger partial charge in [-0.1, -0.05) is 24.9 Å². The standard InChI is InChI=1S/C16H24ClN/c1-4-9-18-15-8-6-5-7-13-11(2)10-14(17)12(3)16(13)15/h10,15,18H,4-9H2,1-3H3. The van der Waals surface area contributed by atoms with Gasteiger partial charge in [-0.3, -0.25) is 0 Å². The predicted molar refractivity (Wildman–Crippen MR) is 79.5 cm³/mol. The summed E-state index contributed by atoms with van der Waals surface area (Å²) in [5.74, 6) is 0. The van der Waals surface area contributed by atoms with Gasteiger partial charge in [0.05, 0.1) is 0 Å². The highest BCUT2D eigenvalue weighted by atomic mass is 35.5. The fourth-order valence-corrected chi connectivity index (χ4v) is 3.34. The second kappa shape index (κ2) is 6.08. The van der Waals surface area contributed by atoms with E-state index in [4.69, 9.17) is 11.6 Å². The van der Waals surface area contributed by atoms with Crippen LogP contribution in [0.1, 0.15) is 60.9 Å². The molecule has 1 aromatic rings. The van der Waals surface area contributed by atoms with E-state index >= 15 is 0 Å². The second-order valence-corrected chi connectivity index (χ2v) is 5.85. The van der Waals surface area contributed by atoms with Crippen LogP contribution in [0, 0.1) is 13.8 Å². The van der Waals surface area contributed by atoms with Crippen LogP contribution in [0.2, 0.25) is 5.02 Å². The number of aryl methyl sites for hydroxylation is 1. The van der Waals surface area contributed by atoms with Crippen molar-refractivity contribution in [2.75, 3.05) is 6.54 Å². The monoisotopic (exact) mass is 265 g/mol. The maximum atomic E-state index is 6.38. The molecule has 1 atom stereocenters. The molecule has 1 N–H and O–H groups in total. The molecule has 1 nitrogen and oxygen atoms in total. The first-order chi connectivity index (χ1) is 8.65. The molecule has 2 heteroatoms. The van der Waals surface area contributed by atoms with Gasteiger partial charge >= 0.3 is 0 Å². The number of fused-ring (bicyclic) bond motifs is 1. The zero-order valence-electron chi connectivity index (χ0n) is 11.8. The Morgan fingerprint density at radius 3 is 2.83 bits per heavy atom. The van der Waals surface area contributed by atoms with Gasteiger partial charge in [-0.25, -0.2) is 0 Å². The Hall–Kier alpha value is -0.530. The van der Waals surface area contributed by atoms with Crippen LogP contribution in [0.5, 0.6) is 0 Å². The van der Waals surface area contributed by atoms with E-state index in [-0.39, 0.29) is 0 Å². The van der Waals surface area contributed by atoms with E-state index in [0.717, 1.165) is 11.6 Å². The van der Waals surface area contributed by atoms with E-state index in [2.05, 4.69) is 32.2 Å². The zero-order chi connectivity index (χ0) is 13.1. The minimum Gasteiger partial charge on any atom is -0.310 e. The van der Waals surface area contributed by atoms with Gasteiger partial charge < -0.3 is 5.32 Å². The third kappa shape index (κ3) is 2.73. The summed E-state index contributed by atoms with van der Waals surface area (Å²) in [6.45, 7) is 7.69. The van der Waals surface area contributed by atoms with Crippen molar-refractivity contribution in [1.82, 2.24) is 5.32 Å². The van der Waals surface area contributed by atoms with E-state index in [1.165, 1.54) is 48.8 Å². The summed E-state index contributed by atoms with van der Waals surface area (Å²) in [7, 11) is 0. The van der Waals surface area contributed by atoms with Crippen molar-refractivity contribution < 1.29 is 0 Å². The molecule has 0 heterocycles. The molecule has 1 aliphatic rings. The van der Waals surface area contributed by atoms with Crippen molar-refractivity contribution in [1.29, 1.82) is 0 Å². The quantitative estimate of drug-likeness (QED) is 0.780. The Bertz CT molecular complexity index is 426. The molecule has 1 aromatic carbocycles. The van der Waals surface area contributed by atoms with E-state index in [9.17, 15) is 0 Å². The van der Waals surface area contributed by atoms with Crippen LogP contribution in [-0.2, 0) is 6.42 Å². The zero-order valence-corrected chi connectivity index (χ0v) is 12.5. The molecule has 0 radical (unpaired) electrons. The predicted octanol–water partition coefficient (Wildman–Crippen LogP) is 4.72. The Morgan fingerprint density at radius 2 is 2.11 bits per heavy atom. The molecule has 1 aliphatic carbocycles. The molecular formula is C16H24ClN. The Morgan fingerprint density at radius 1 is 1.33 bits per heavy atom. The first-order valence-electron chi connectivity index (χ1n) is 7.17. The Balaban J connectivity index is 2.44. The van der Waals surface area contributed by atoms with Crippen LogP contribution in [0.25, 0.3) is 0 Å². The highest BCUT2D eigenvalue weighted by Crippen LogP contribution is 2.36. The van der Waals surface area contributed by atoms with Crippen LogP contribution in [0.4, 0.5) is 0 Å². The number of benzene rings is 1. The van der Waals surface area contributed by atoms with Gasteiger partial charge in [0.2, 0.25) is 0 Å². The number of rotatable bonds is 3. The third-order valence-corrected chi connectivity index (χ3v) is 4.46. The van der Waals surface area contributed by atoms with Crippen molar-refractivity contribution in [3.05, 3.63) is 33.3 Å². The molecular weight excluding hydrogens is 242 g/mol. The molecule has 18 heavy (non-hydrogen) atoms. The van der Waals surface area contributed by atoms with Gasteiger partial charge in [0.1, 0.15) is 0 Å². The highest BCUT2D eigenvalue weighted by Gasteiger charge is 2.22. The van der Waals surface area contributed by atoms with Crippen molar-refractivity contribution in [2.24, 2.45) is 0 Å². The van der Waals surface area contributed by atoms with Gasteiger partial charge in [-0.05, 0) is 74.4 Å². The molecule has 100 valence electrons. The van der Waals surface area contributed by atoms with Crippen LogP contribution >= 0.6 is 11.6 Å². The molecule has 0 bridgehead atoms. The lowest BCUT2D eigenvalue weighted by atomic mass is 9.91. The van der Waals surface area contributed by atoms with Gasteiger partial charge in [-0.2, -0.15) is 0 Å². The van der Waals surface area contributed by atoms with E-state index in [1.54, 1.807) is 5.56 Å². The molecule has 0 spiro atoms. The molecule has 0 saturated heterocycles. The molecule has 2 rings (SSSR count). The smallest absolute Gasteiger partial charge is 0.0441 e. The van der Waals surface area contributed by atoms with Crippen molar-refractivity contribution in [3.8, 4) is 0 Å². The van der Waals surface area contributed by atoms with Crippen molar-refractivity contribution in [2.45, 2.75) is 58.9 Å². The summed E-state index contributed by atoms with van der Waals surface area (Å²) < 4.78 is 0. The summed E-state index contributed by atoms with van der Waals surface area (Å²) in [6.07, 6.45) is 6.26. The maximum Gasteiger partial charge on any atom is 0.0441 e. The Kier molecular flexibility index (Phi) is 4.69. The molecule has 0 amide bonds. The number of halogens is 1. The van der Waals surface area contributed by atoms with E-state index in [0.29, 0.717) is 6.04 Å². The van der Waals surface area contributed by atoms with Gasteiger partial charge in [0.25, 0.3) is 0 Å². The lowest BCUT2D eigenvalue weighted by Crippen LogP contribution is -2.23. The van der Waals surface area contributed by atoms with Crippen molar-refractivity contribution in [3.63, 3.8) is 0 Å². The normalized spacial score (nSPS) is 19.4. The SMILES string of the molecule is CCCNC1CCCCc2c(C)cc(Cl)c(C)c21. The first kappa shape index (κ1) is 13.9. The van der Waals surface area contributed by atoms with Gasteiger partial charge in [-0.15, -0.1) is 0 Å². The van der Waals surface area contributed by atoms with Crippen LogP contribution in [0.3, 0.4) is 0 Å². The fraction of sp³-hybridized carbons (Fsp3) is 0.625. The van der Waals surface area contributed by atoms with Crippen LogP contribution in [0.15, 0.2) is 6.07 Å².